The number of carbonyl (C=O) groups is 5. The molecule has 0 radical (unpaired) electrons. The van der Waals surface area contributed by atoms with Crippen LogP contribution in [-0.4, -0.2) is 94.4 Å². The number of rotatable bonds is 6. The van der Waals surface area contributed by atoms with Crippen LogP contribution in [0.25, 0.3) is 0 Å². The Morgan fingerprint density at radius 1 is 0.833 bits per heavy atom. The molecule has 4 aliphatic heterocycles. The van der Waals surface area contributed by atoms with E-state index in [1.54, 1.807) is 18.2 Å². The Balaban J connectivity index is 0.792. The third-order valence-corrected chi connectivity index (χ3v) is 13.9. The van der Waals surface area contributed by atoms with E-state index in [-0.39, 0.29) is 88.5 Å². The first kappa shape index (κ1) is 39.9. The Labute approximate surface area is 353 Å². The largest absolute Gasteiger partial charge is 0.489 e. The third kappa shape index (κ3) is 6.47. The van der Waals surface area contributed by atoms with E-state index in [9.17, 15) is 29.2 Å². The predicted molar refractivity (Wildman–Crippen MR) is 220 cm³/mol. The molecule has 1 atom stereocenters. The number of nitrogens with zero attached hydrogens (tertiary/aromatic N) is 5. The third-order valence-electron chi connectivity index (χ3n) is 13.6. The average molecular weight is 830 g/mol. The summed E-state index contributed by atoms with van der Waals surface area (Å²) in [5, 5.41) is 9.60. The molecule has 4 heterocycles. The van der Waals surface area contributed by atoms with Gasteiger partial charge in [-0.15, -0.1) is 0 Å². The molecule has 0 N–H and O–H groups in total. The number of fused-ring (bicyclic) bond motifs is 2. The molecule has 4 fully saturated rings. The summed E-state index contributed by atoms with van der Waals surface area (Å²) in [5.74, 6) is 5.35. The van der Waals surface area contributed by atoms with Gasteiger partial charge in [-0.2, -0.15) is 5.26 Å². The first-order valence-corrected chi connectivity index (χ1v) is 21.0. The first-order valence-electron chi connectivity index (χ1n) is 20.6. The van der Waals surface area contributed by atoms with Gasteiger partial charge in [0.05, 0.1) is 33.4 Å². The zero-order valence-corrected chi connectivity index (χ0v) is 34.8. The average Bonchev–Trinajstić information content (AvgIpc) is 3.59. The first-order chi connectivity index (χ1) is 28.6. The highest BCUT2D eigenvalue weighted by Crippen LogP contribution is 2.59. The Bertz CT molecular complexity index is 2490. The number of halogens is 2. The standard InChI is InChI=1S/C47H45ClFN5O6/c1-46(2)44(47(3,4)45(46)60-32-13-11-28(20-50)36(48)17-32)53-23-29-16-26(10-14-33(29)41(53)57)8-9-27-21-51(22-27)30-24-52(25-30)39-19-35-34(18-37(39)49)42(58)54(43(35)59)38-15-12-31(55)6-5-7-40(38)56/h10-11,13-14,16-19,27,30,38,44-45H,5-7,12,15,21-25H2,1-4H3. The topological polar surface area (TPSA) is 131 Å². The van der Waals surface area contributed by atoms with Crippen molar-refractivity contribution in [3.63, 3.8) is 0 Å². The van der Waals surface area contributed by atoms with Crippen molar-refractivity contribution in [1.29, 1.82) is 5.26 Å². The Morgan fingerprint density at radius 2 is 1.55 bits per heavy atom. The molecule has 0 spiro atoms. The van der Waals surface area contributed by atoms with E-state index in [1.165, 1.54) is 6.07 Å². The fourth-order valence-corrected chi connectivity index (χ4v) is 11.1. The van der Waals surface area contributed by atoms with Gasteiger partial charge in [0.1, 0.15) is 29.5 Å². The molecule has 3 aromatic carbocycles. The maximum Gasteiger partial charge on any atom is 0.262 e. The lowest BCUT2D eigenvalue weighted by molar-refractivity contribution is -0.199. The second-order valence-electron chi connectivity index (χ2n) is 18.3. The van der Waals surface area contributed by atoms with Crippen LogP contribution in [-0.2, 0) is 16.1 Å². The molecular formula is C47H45ClFN5O6. The smallest absolute Gasteiger partial charge is 0.262 e. The number of imide groups is 1. The molecule has 13 heteroatoms. The van der Waals surface area contributed by atoms with E-state index < -0.39 is 23.7 Å². The Morgan fingerprint density at radius 3 is 2.25 bits per heavy atom. The molecule has 1 unspecified atom stereocenters. The fourth-order valence-electron chi connectivity index (χ4n) is 10.9. The number of anilines is 1. The summed E-state index contributed by atoms with van der Waals surface area (Å²) in [6.07, 6.45) is 0.842. The highest BCUT2D eigenvalue weighted by Gasteiger charge is 2.67. The van der Waals surface area contributed by atoms with Crippen LogP contribution in [0.4, 0.5) is 10.1 Å². The minimum atomic E-state index is -1.02. The van der Waals surface area contributed by atoms with Gasteiger partial charge in [-0.1, -0.05) is 51.1 Å². The van der Waals surface area contributed by atoms with Crippen LogP contribution in [0.15, 0.2) is 48.5 Å². The summed E-state index contributed by atoms with van der Waals surface area (Å²) in [6.45, 7) is 11.6. The number of ketones is 2. The molecule has 60 heavy (non-hydrogen) atoms. The Hall–Kier alpha value is -5.56. The number of ether oxygens (including phenoxy) is 1. The van der Waals surface area contributed by atoms with Gasteiger partial charge in [-0.25, -0.2) is 4.39 Å². The molecule has 2 saturated heterocycles. The highest BCUT2D eigenvalue weighted by molar-refractivity contribution is 6.31. The summed E-state index contributed by atoms with van der Waals surface area (Å²) in [5.41, 5.74) is 2.45. The van der Waals surface area contributed by atoms with Crippen molar-refractivity contribution in [3.05, 3.63) is 92.8 Å². The van der Waals surface area contributed by atoms with Crippen molar-refractivity contribution in [2.75, 3.05) is 31.1 Å². The summed E-state index contributed by atoms with van der Waals surface area (Å²) in [6, 6.07) is 14.6. The molecule has 0 aromatic heterocycles. The van der Waals surface area contributed by atoms with Crippen LogP contribution in [0.2, 0.25) is 5.02 Å². The highest BCUT2D eigenvalue weighted by atomic mass is 35.5. The van der Waals surface area contributed by atoms with Crippen molar-refractivity contribution < 1.29 is 33.1 Å². The van der Waals surface area contributed by atoms with Gasteiger partial charge in [-0.05, 0) is 60.9 Å². The summed E-state index contributed by atoms with van der Waals surface area (Å²) < 4.78 is 21.9. The quantitative estimate of drug-likeness (QED) is 0.204. The maximum absolute atomic E-state index is 15.4. The number of amides is 3. The van der Waals surface area contributed by atoms with Crippen LogP contribution < -0.4 is 9.64 Å². The van der Waals surface area contributed by atoms with Gasteiger partial charge in [0.15, 0.2) is 5.78 Å². The molecule has 11 nitrogen and oxygen atoms in total. The lowest BCUT2D eigenvalue weighted by Crippen LogP contribution is -2.74. The molecule has 3 amide bonds. The summed E-state index contributed by atoms with van der Waals surface area (Å²) in [7, 11) is 0. The van der Waals surface area contributed by atoms with Crippen molar-refractivity contribution in [1.82, 2.24) is 14.7 Å². The second-order valence-corrected chi connectivity index (χ2v) is 18.7. The maximum atomic E-state index is 15.4. The monoisotopic (exact) mass is 829 g/mol. The summed E-state index contributed by atoms with van der Waals surface area (Å²) in [4.78, 5) is 72.6. The SMILES string of the molecule is CC1(C)C(Oc2ccc(C#N)c(Cl)c2)C(C)(C)C1N1Cc2cc(C#CC3CN(C4CN(c5cc6c(cc5F)C(=O)N(C5CCC(=O)CCCC5=O)C6=O)C4)C3)ccc2C1=O. The molecule has 3 aromatic rings. The van der Waals surface area contributed by atoms with E-state index in [0.717, 1.165) is 35.2 Å². The molecular weight excluding hydrogens is 785 g/mol. The number of benzene rings is 3. The van der Waals surface area contributed by atoms with Crippen molar-refractivity contribution in [2.45, 2.75) is 90.6 Å². The second kappa shape index (κ2) is 14.6. The van der Waals surface area contributed by atoms with E-state index in [2.05, 4.69) is 50.5 Å². The van der Waals surface area contributed by atoms with Crippen molar-refractivity contribution in [3.8, 4) is 23.7 Å². The molecule has 2 saturated carbocycles. The minimum absolute atomic E-state index is 0.00178. The molecule has 0 bridgehead atoms. The van der Waals surface area contributed by atoms with Crippen LogP contribution in [0.1, 0.15) is 108 Å². The van der Waals surface area contributed by atoms with Crippen molar-refractivity contribution in [2.24, 2.45) is 16.7 Å². The van der Waals surface area contributed by atoms with E-state index in [0.29, 0.717) is 54.4 Å². The van der Waals surface area contributed by atoms with Crippen molar-refractivity contribution >= 4 is 46.6 Å². The summed E-state index contributed by atoms with van der Waals surface area (Å²) >= 11 is 6.28. The Kier molecular flexibility index (Phi) is 9.68. The van der Waals surface area contributed by atoms with Crippen LogP contribution in [0.3, 0.4) is 0 Å². The molecule has 9 rings (SSSR count). The van der Waals surface area contributed by atoms with Gasteiger partial charge < -0.3 is 14.5 Å². The van der Waals surface area contributed by atoms with Gasteiger partial charge in [-0.3, -0.25) is 33.8 Å². The lowest BCUT2D eigenvalue weighted by Gasteiger charge is -2.65. The number of hydrogen-bond donors (Lipinski definition) is 0. The predicted octanol–water partition coefficient (Wildman–Crippen LogP) is 6.43. The fraction of sp³-hybridized carbons (Fsp3) is 0.447. The minimum Gasteiger partial charge on any atom is -0.489 e. The number of hydrogen-bond acceptors (Lipinski definition) is 9. The number of likely N-dealkylation sites (tertiary alicyclic amines) is 1. The van der Waals surface area contributed by atoms with E-state index >= 15 is 4.39 Å². The van der Waals surface area contributed by atoms with Crippen LogP contribution in [0.5, 0.6) is 5.75 Å². The zero-order chi connectivity index (χ0) is 42.4. The number of carbonyl (C=O) groups excluding carboxylic acids is 5. The van der Waals surface area contributed by atoms with Crippen LogP contribution >= 0.6 is 11.6 Å². The zero-order valence-electron chi connectivity index (χ0n) is 34.0. The van der Waals surface area contributed by atoms with Gasteiger partial charge in [0.25, 0.3) is 17.7 Å². The van der Waals surface area contributed by atoms with Gasteiger partial charge in [0.2, 0.25) is 0 Å². The van der Waals surface area contributed by atoms with E-state index in [4.69, 9.17) is 16.3 Å². The van der Waals surface area contributed by atoms with E-state index in [1.807, 2.05) is 28.0 Å². The molecule has 6 aliphatic rings. The molecule has 2 aliphatic carbocycles. The molecule has 308 valence electrons. The number of nitriles is 1. The van der Waals surface area contributed by atoms with Gasteiger partial charge >= 0.3 is 0 Å². The number of Topliss-reactive ketones (excluding diaryl/α,β-unsaturated/α-hetero) is 2. The van der Waals surface area contributed by atoms with Gasteiger partial charge in [0, 0.05) is 98.0 Å². The lowest BCUT2D eigenvalue weighted by atomic mass is 9.49. The normalized spacial score (nSPS) is 25.0. The van der Waals surface area contributed by atoms with Crippen LogP contribution in [0, 0.1) is 45.7 Å².